The number of aromatic nitrogens is 5. The molecule has 30 heavy (non-hydrogen) atoms. The van der Waals surface area contributed by atoms with Gasteiger partial charge in [-0.25, -0.2) is 9.67 Å². The quantitative estimate of drug-likeness (QED) is 0.498. The van der Waals surface area contributed by atoms with Crippen LogP contribution in [0.3, 0.4) is 0 Å². The standard InChI is InChI=1S/C22H21ClN6O/c1-5-28-13(3)24-19-21(28)20(14-6-8-15(23)9-7-14)29(22(19)30)16-10-12(2)18-17(11-16)27(4)26-25-18/h6-11,20H,5H2,1-4H3. The van der Waals surface area contributed by atoms with Crippen molar-refractivity contribution in [3.63, 3.8) is 0 Å². The minimum atomic E-state index is -0.288. The number of halogens is 1. The lowest BCUT2D eigenvalue weighted by Gasteiger charge is -2.27. The molecule has 8 heteroatoms. The maximum atomic E-state index is 13.6. The van der Waals surface area contributed by atoms with Crippen LogP contribution < -0.4 is 4.90 Å². The molecule has 0 fully saturated rings. The third kappa shape index (κ3) is 2.58. The van der Waals surface area contributed by atoms with Crippen molar-refractivity contribution in [1.82, 2.24) is 24.5 Å². The normalized spacial score (nSPS) is 16.0. The summed E-state index contributed by atoms with van der Waals surface area (Å²) in [5.74, 6) is 0.742. The second-order valence-corrected chi connectivity index (χ2v) is 8.05. The van der Waals surface area contributed by atoms with Crippen molar-refractivity contribution in [3.05, 3.63) is 69.8 Å². The number of benzene rings is 2. The molecule has 0 bridgehead atoms. The molecule has 0 spiro atoms. The van der Waals surface area contributed by atoms with Crippen LogP contribution in [0.5, 0.6) is 0 Å². The fourth-order valence-corrected chi connectivity index (χ4v) is 4.53. The van der Waals surface area contributed by atoms with E-state index >= 15 is 0 Å². The first-order valence-electron chi connectivity index (χ1n) is 9.86. The monoisotopic (exact) mass is 420 g/mol. The van der Waals surface area contributed by atoms with Gasteiger partial charge in [-0.2, -0.15) is 0 Å². The number of nitrogens with zero attached hydrogens (tertiary/aromatic N) is 6. The van der Waals surface area contributed by atoms with Crippen molar-refractivity contribution in [2.24, 2.45) is 7.05 Å². The van der Waals surface area contributed by atoms with Crippen molar-refractivity contribution in [2.45, 2.75) is 33.4 Å². The summed E-state index contributed by atoms with van der Waals surface area (Å²) in [6.07, 6.45) is 0. The molecule has 3 heterocycles. The molecule has 2 aromatic heterocycles. The third-order valence-electron chi connectivity index (χ3n) is 5.81. The number of fused-ring (bicyclic) bond motifs is 2. The van der Waals surface area contributed by atoms with Gasteiger partial charge in [0.15, 0.2) is 5.69 Å². The first kappa shape index (κ1) is 18.8. The molecule has 0 N–H and O–H groups in total. The zero-order valence-corrected chi connectivity index (χ0v) is 18.0. The molecule has 1 amide bonds. The largest absolute Gasteiger partial charge is 0.330 e. The first-order valence-corrected chi connectivity index (χ1v) is 10.2. The van der Waals surface area contributed by atoms with Crippen molar-refractivity contribution in [3.8, 4) is 0 Å². The number of imidazole rings is 1. The highest BCUT2D eigenvalue weighted by Gasteiger charge is 2.43. The van der Waals surface area contributed by atoms with Crippen LogP contribution in [0, 0.1) is 13.8 Å². The molecule has 1 unspecified atom stereocenters. The van der Waals surface area contributed by atoms with E-state index in [2.05, 4.69) is 26.8 Å². The second-order valence-electron chi connectivity index (χ2n) is 7.61. The van der Waals surface area contributed by atoms with Gasteiger partial charge in [0, 0.05) is 24.3 Å². The number of hydrogen-bond acceptors (Lipinski definition) is 4. The zero-order valence-electron chi connectivity index (χ0n) is 17.2. The fraction of sp³-hybridized carbons (Fsp3) is 0.273. The predicted octanol–water partition coefficient (Wildman–Crippen LogP) is 4.20. The van der Waals surface area contributed by atoms with E-state index in [9.17, 15) is 4.79 Å². The smallest absolute Gasteiger partial charge is 0.279 e. The Labute approximate surface area is 178 Å². The molecule has 0 aliphatic carbocycles. The Morgan fingerprint density at radius 3 is 2.57 bits per heavy atom. The average Bonchev–Trinajstić information content (AvgIpc) is 3.34. The van der Waals surface area contributed by atoms with Gasteiger partial charge in [-0.1, -0.05) is 28.9 Å². The van der Waals surface area contributed by atoms with Gasteiger partial charge in [0.1, 0.15) is 17.4 Å². The van der Waals surface area contributed by atoms with E-state index in [0.717, 1.165) is 45.9 Å². The van der Waals surface area contributed by atoms with Crippen molar-refractivity contribution in [2.75, 3.05) is 4.90 Å². The van der Waals surface area contributed by atoms with Gasteiger partial charge in [-0.05, 0) is 56.2 Å². The summed E-state index contributed by atoms with van der Waals surface area (Å²) in [4.78, 5) is 20.0. The number of amides is 1. The fourth-order valence-electron chi connectivity index (χ4n) is 4.41. The topological polar surface area (TPSA) is 68.8 Å². The van der Waals surface area contributed by atoms with E-state index < -0.39 is 0 Å². The molecule has 1 atom stereocenters. The Kier molecular flexibility index (Phi) is 4.18. The average molecular weight is 421 g/mol. The third-order valence-corrected chi connectivity index (χ3v) is 6.06. The van der Waals surface area contributed by atoms with Crippen LogP contribution in [0.15, 0.2) is 36.4 Å². The maximum Gasteiger partial charge on any atom is 0.279 e. The van der Waals surface area contributed by atoms with E-state index in [1.807, 2.05) is 62.2 Å². The predicted molar refractivity (Wildman–Crippen MR) is 116 cm³/mol. The summed E-state index contributed by atoms with van der Waals surface area (Å²) in [7, 11) is 1.85. The highest BCUT2D eigenvalue weighted by atomic mass is 35.5. The number of hydrogen-bond donors (Lipinski definition) is 0. The summed E-state index contributed by atoms with van der Waals surface area (Å²) >= 11 is 6.14. The summed E-state index contributed by atoms with van der Waals surface area (Å²) in [5.41, 5.74) is 5.90. The minimum Gasteiger partial charge on any atom is -0.330 e. The van der Waals surface area contributed by atoms with Crippen LogP contribution >= 0.6 is 11.6 Å². The Hall–Kier alpha value is -3.19. The Bertz CT molecular complexity index is 1300. The Balaban J connectivity index is 1.76. The second kappa shape index (κ2) is 6.67. The lowest BCUT2D eigenvalue weighted by atomic mass is 10.0. The van der Waals surface area contributed by atoms with E-state index in [-0.39, 0.29) is 11.9 Å². The van der Waals surface area contributed by atoms with Gasteiger partial charge >= 0.3 is 0 Å². The number of carbonyl (C=O) groups is 1. The van der Waals surface area contributed by atoms with Crippen LogP contribution in [0.4, 0.5) is 5.69 Å². The molecule has 152 valence electrons. The number of anilines is 1. The van der Waals surface area contributed by atoms with Gasteiger partial charge in [-0.3, -0.25) is 9.69 Å². The first-order chi connectivity index (χ1) is 14.4. The van der Waals surface area contributed by atoms with Crippen LogP contribution in [0.2, 0.25) is 5.02 Å². The van der Waals surface area contributed by atoms with E-state index in [1.165, 1.54) is 0 Å². The maximum absolute atomic E-state index is 13.6. The number of carbonyl (C=O) groups excluding carboxylic acids is 1. The van der Waals surface area contributed by atoms with E-state index in [4.69, 9.17) is 11.6 Å². The summed E-state index contributed by atoms with van der Waals surface area (Å²) < 4.78 is 3.84. The number of rotatable bonds is 3. The Morgan fingerprint density at radius 2 is 1.87 bits per heavy atom. The van der Waals surface area contributed by atoms with E-state index in [1.54, 1.807) is 4.68 Å². The van der Waals surface area contributed by atoms with Crippen molar-refractivity contribution < 1.29 is 4.79 Å². The Morgan fingerprint density at radius 1 is 1.13 bits per heavy atom. The molecular formula is C22H21ClN6O. The lowest BCUT2D eigenvalue weighted by molar-refractivity contribution is 0.0989. The van der Waals surface area contributed by atoms with Crippen LogP contribution in [0.1, 0.15) is 46.1 Å². The molecule has 1 aliphatic heterocycles. The van der Waals surface area contributed by atoms with Crippen LogP contribution in [-0.4, -0.2) is 30.5 Å². The van der Waals surface area contributed by atoms with Crippen LogP contribution in [0.25, 0.3) is 11.0 Å². The van der Waals surface area contributed by atoms with Gasteiger partial charge in [-0.15, -0.1) is 5.10 Å². The van der Waals surface area contributed by atoms with Crippen LogP contribution in [-0.2, 0) is 13.6 Å². The molecule has 4 aromatic rings. The SMILES string of the molecule is CCn1c(C)nc2c1C(c1ccc(Cl)cc1)N(c1cc(C)c3nnn(C)c3c1)C2=O. The van der Waals surface area contributed by atoms with Gasteiger partial charge < -0.3 is 4.57 Å². The van der Waals surface area contributed by atoms with E-state index in [0.29, 0.717) is 10.7 Å². The molecule has 5 rings (SSSR count). The minimum absolute atomic E-state index is 0.103. The zero-order chi connectivity index (χ0) is 21.2. The molecule has 0 saturated heterocycles. The molecule has 0 saturated carbocycles. The molecule has 1 aliphatic rings. The lowest BCUT2D eigenvalue weighted by Crippen LogP contribution is -2.30. The molecule has 0 radical (unpaired) electrons. The highest BCUT2D eigenvalue weighted by Crippen LogP contribution is 2.43. The van der Waals surface area contributed by atoms with Crippen molar-refractivity contribution in [1.29, 1.82) is 0 Å². The number of aryl methyl sites for hydroxylation is 3. The van der Waals surface area contributed by atoms with Crippen molar-refractivity contribution >= 4 is 34.2 Å². The summed E-state index contributed by atoms with van der Waals surface area (Å²) in [6.45, 7) is 6.73. The van der Waals surface area contributed by atoms with Gasteiger partial charge in [0.25, 0.3) is 5.91 Å². The molecular weight excluding hydrogens is 400 g/mol. The molecule has 7 nitrogen and oxygen atoms in total. The van der Waals surface area contributed by atoms with Gasteiger partial charge in [0.05, 0.1) is 11.2 Å². The summed E-state index contributed by atoms with van der Waals surface area (Å²) in [6, 6.07) is 11.3. The molecule has 2 aromatic carbocycles. The summed E-state index contributed by atoms with van der Waals surface area (Å²) in [5, 5.41) is 9.03. The van der Waals surface area contributed by atoms with Gasteiger partial charge in [0.2, 0.25) is 0 Å². The highest BCUT2D eigenvalue weighted by molar-refractivity contribution is 6.30.